The van der Waals surface area contributed by atoms with Crippen LogP contribution in [0.5, 0.6) is 0 Å². The lowest BCUT2D eigenvalue weighted by molar-refractivity contribution is -0.870. The second-order valence-corrected chi connectivity index (χ2v) is 22.6. The van der Waals surface area contributed by atoms with E-state index in [1.54, 1.807) is 0 Å². The first-order valence-electron chi connectivity index (χ1n) is 29.6. The number of carbonyl (C=O) groups excluding carboxylic acids is 2. The Bertz CT molecular complexity index is 1400. The van der Waals surface area contributed by atoms with Crippen LogP contribution in [0.3, 0.4) is 0 Å². The van der Waals surface area contributed by atoms with Gasteiger partial charge in [0.2, 0.25) is 5.91 Å². The van der Waals surface area contributed by atoms with Gasteiger partial charge in [-0.2, -0.15) is 0 Å². The van der Waals surface area contributed by atoms with Crippen molar-refractivity contribution in [2.45, 2.75) is 277 Å². The van der Waals surface area contributed by atoms with Crippen LogP contribution in [0, 0.1) is 0 Å². The number of quaternary nitrogens is 1. The Labute approximate surface area is 439 Å². The van der Waals surface area contributed by atoms with Gasteiger partial charge < -0.3 is 19.4 Å². The first-order chi connectivity index (χ1) is 34.4. The average Bonchev–Trinajstić information content (AvgIpc) is 3.33. The second-order valence-electron chi connectivity index (χ2n) is 21.2. The Morgan fingerprint density at radius 3 is 1.34 bits per heavy atom. The smallest absolute Gasteiger partial charge is 0.456 e. The first kappa shape index (κ1) is 68.7. The standard InChI is InChI=1S/C61H113N2O7P/c1-7-10-13-16-19-22-25-28-30-31-33-36-39-42-45-48-51-54-61(65)70-59(52-49-46-43-40-37-34-27-24-21-18-15-12-9-3)58(57-69-71(66,67)68-56-55-63(4,5)6)62-60(64)53-50-47-44-41-38-35-32-29-26-23-20-17-14-11-8-2/h19,22-23,26,28,30,33,36,49,52,58-59H,7-18,20-21,24-25,27,29,31-32,34-35,37-48,50-51,53-57H2,1-6H3,(H-,62,64,66,67)/p+1/b22-19-,26-23-,30-28-,36-33-,52-49+. The van der Waals surface area contributed by atoms with E-state index < -0.39 is 20.0 Å². The van der Waals surface area contributed by atoms with Crippen LogP contribution in [-0.4, -0.2) is 74.3 Å². The minimum Gasteiger partial charge on any atom is -0.456 e. The van der Waals surface area contributed by atoms with Gasteiger partial charge in [-0.25, -0.2) is 4.57 Å². The lowest BCUT2D eigenvalue weighted by Crippen LogP contribution is -2.47. The van der Waals surface area contributed by atoms with E-state index in [0.29, 0.717) is 23.9 Å². The Morgan fingerprint density at radius 2 is 0.859 bits per heavy atom. The number of nitrogens with one attached hydrogen (secondary N) is 1. The average molecular weight is 1020 g/mol. The minimum atomic E-state index is -4.45. The molecule has 1 amide bonds. The van der Waals surface area contributed by atoms with Crippen molar-refractivity contribution in [3.05, 3.63) is 60.8 Å². The number of phosphoric ester groups is 1. The molecule has 0 aromatic rings. The maximum absolute atomic E-state index is 13.5. The van der Waals surface area contributed by atoms with Gasteiger partial charge in [0.05, 0.1) is 33.8 Å². The van der Waals surface area contributed by atoms with Crippen LogP contribution < -0.4 is 5.32 Å². The third-order valence-electron chi connectivity index (χ3n) is 12.9. The number of unbranched alkanes of at least 4 members (excludes halogenated alkanes) is 29. The molecule has 71 heavy (non-hydrogen) atoms. The Kier molecular flexibility index (Phi) is 49.6. The molecule has 0 aliphatic rings. The zero-order chi connectivity index (χ0) is 52.2. The van der Waals surface area contributed by atoms with Gasteiger partial charge in [0.1, 0.15) is 19.3 Å². The molecule has 0 spiro atoms. The predicted octanol–water partition coefficient (Wildman–Crippen LogP) is 17.9. The van der Waals surface area contributed by atoms with Crippen molar-refractivity contribution < 1.29 is 37.3 Å². The van der Waals surface area contributed by atoms with E-state index in [-0.39, 0.29) is 31.5 Å². The molecule has 0 fully saturated rings. The maximum Gasteiger partial charge on any atom is 0.472 e. The summed E-state index contributed by atoms with van der Waals surface area (Å²) in [6.45, 7) is 6.96. The van der Waals surface area contributed by atoms with Gasteiger partial charge in [-0.1, -0.05) is 217 Å². The molecule has 9 nitrogen and oxygen atoms in total. The molecule has 2 N–H and O–H groups in total. The largest absolute Gasteiger partial charge is 0.472 e. The molecule has 0 radical (unpaired) electrons. The summed E-state index contributed by atoms with van der Waals surface area (Å²) in [5.41, 5.74) is 0. The van der Waals surface area contributed by atoms with E-state index in [2.05, 4.69) is 74.7 Å². The van der Waals surface area contributed by atoms with Crippen LogP contribution in [0.4, 0.5) is 0 Å². The molecule has 0 rings (SSSR count). The van der Waals surface area contributed by atoms with Crippen molar-refractivity contribution in [1.29, 1.82) is 0 Å². The SMILES string of the molecule is CCCCC/C=C\C/C=C\C/C=C\CCCCCCC(=O)OC(/C=C/CCCCCCCCCCCCC)C(COP(=O)(O)OCC[N+](C)(C)C)NC(=O)CCCCCCCCC/C=C\CCCCCC. The third kappa shape index (κ3) is 52.4. The van der Waals surface area contributed by atoms with E-state index in [1.165, 1.54) is 135 Å². The highest BCUT2D eigenvalue weighted by molar-refractivity contribution is 7.47. The summed E-state index contributed by atoms with van der Waals surface area (Å²) >= 11 is 0. The zero-order valence-corrected chi connectivity index (χ0v) is 48.1. The number of carbonyl (C=O) groups is 2. The van der Waals surface area contributed by atoms with Gasteiger partial charge in [0.15, 0.2) is 0 Å². The van der Waals surface area contributed by atoms with Crippen LogP contribution in [0.25, 0.3) is 0 Å². The van der Waals surface area contributed by atoms with E-state index in [4.69, 9.17) is 13.8 Å². The number of esters is 1. The van der Waals surface area contributed by atoms with Gasteiger partial charge in [-0.3, -0.25) is 18.6 Å². The number of hydrogen-bond acceptors (Lipinski definition) is 6. The summed E-state index contributed by atoms with van der Waals surface area (Å²) in [5.74, 6) is -0.533. The second kappa shape index (κ2) is 51.2. The number of allylic oxidation sites excluding steroid dienone is 9. The van der Waals surface area contributed by atoms with Gasteiger partial charge in [-0.05, 0) is 96.0 Å². The Morgan fingerprint density at radius 1 is 0.493 bits per heavy atom. The minimum absolute atomic E-state index is 0.0345. The quantitative estimate of drug-likeness (QED) is 0.0205. The fraction of sp³-hybridized carbons (Fsp3) is 0.803. The van der Waals surface area contributed by atoms with E-state index in [0.717, 1.165) is 89.9 Å². The van der Waals surface area contributed by atoms with Crippen molar-refractivity contribution in [2.24, 2.45) is 0 Å². The lowest BCUT2D eigenvalue weighted by Gasteiger charge is -2.27. The Hall–Kier alpha value is -2.29. The van der Waals surface area contributed by atoms with Crippen molar-refractivity contribution >= 4 is 19.7 Å². The highest BCUT2D eigenvalue weighted by Crippen LogP contribution is 2.43. The summed E-state index contributed by atoms with van der Waals surface area (Å²) in [6.07, 6.45) is 63.5. The summed E-state index contributed by atoms with van der Waals surface area (Å²) in [4.78, 5) is 37.6. The first-order valence-corrected chi connectivity index (χ1v) is 31.1. The van der Waals surface area contributed by atoms with Crippen LogP contribution in [0.15, 0.2) is 60.8 Å². The molecule has 0 saturated heterocycles. The highest BCUT2D eigenvalue weighted by atomic mass is 31.2. The number of likely N-dealkylation sites (N-methyl/N-ethyl adjacent to an activating group) is 1. The zero-order valence-electron chi connectivity index (χ0n) is 47.2. The van der Waals surface area contributed by atoms with E-state index in [1.807, 2.05) is 33.3 Å². The van der Waals surface area contributed by atoms with E-state index in [9.17, 15) is 19.0 Å². The molecular weight excluding hydrogens is 904 g/mol. The van der Waals surface area contributed by atoms with Crippen LogP contribution >= 0.6 is 7.82 Å². The molecule has 0 aliphatic carbocycles. The highest BCUT2D eigenvalue weighted by Gasteiger charge is 2.30. The van der Waals surface area contributed by atoms with Crippen molar-refractivity contribution in [1.82, 2.24) is 5.32 Å². The van der Waals surface area contributed by atoms with Gasteiger partial charge in [0, 0.05) is 12.8 Å². The molecule has 0 heterocycles. The fourth-order valence-corrected chi connectivity index (χ4v) is 9.03. The number of nitrogens with zero attached hydrogens (tertiary/aromatic N) is 1. The van der Waals surface area contributed by atoms with Crippen LogP contribution in [0.2, 0.25) is 0 Å². The number of amides is 1. The van der Waals surface area contributed by atoms with Gasteiger partial charge in [-0.15, -0.1) is 0 Å². The monoisotopic (exact) mass is 1020 g/mol. The topological polar surface area (TPSA) is 111 Å². The van der Waals surface area contributed by atoms with Crippen molar-refractivity contribution in [2.75, 3.05) is 40.9 Å². The molecule has 0 aromatic heterocycles. The molecule has 0 aromatic carbocycles. The maximum atomic E-state index is 13.5. The van der Waals surface area contributed by atoms with Gasteiger partial charge in [0.25, 0.3) is 0 Å². The third-order valence-corrected chi connectivity index (χ3v) is 13.9. The molecule has 0 aliphatic heterocycles. The molecule has 414 valence electrons. The summed E-state index contributed by atoms with van der Waals surface area (Å²) in [6, 6.07) is -0.860. The Balaban J connectivity index is 5.40. The summed E-state index contributed by atoms with van der Waals surface area (Å²) < 4.78 is 30.6. The normalized spacial score (nSPS) is 14.2. The number of hydrogen-bond donors (Lipinski definition) is 2. The van der Waals surface area contributed by atoms with Gasteiger partial charge >= 0.3 is 13.8 Å². The summed E-state index contributed by atoms with van der Waals surface area (Å²) in [7, 11) is 1.48. The fourth-order valence-electron chi connectivity index (χ4n) is 8.29. The van der Waals surface area contributed by atoms with Crippen LogP contribution in [-0.2, 0) is 27.9 Å². The molecule has 3 unspecified atom stereocenters. The van der Waals surface area contributed by atoms with Crippen LogP contribution in [0.1, 0.15) is 265 Å². The molecular formula is C61H114N2O7P+. The van der Waals surface area contributed by atoms with E-state index >= 15 is 0 Å². The predicted molar refractivity (Wildman–Crippen MR) is 305 cm³/mol. The number of phosphoric acid groups is 1. The summed E-state index contributed by atoms with van der Waals surface area (Å²) in [5, 5.41) is 3.04. The molecule has 10 heteroatoms. The molecule has 3 atom stereocenters. The number of ether oxygens (including phenoxy) is 1. The number of rotatable bonds is 53. The van der Waals surface area contributed by atoms with Crippen molar-refractivity contribution in [3.63, 3.8) is 0 Å². The van der Waals surface area contributed by atoms with Crippen molar-refractivity contribution in [3.8, 4) is 0 Å². The molecule has 0 bridgehead atoms. The lowest BCUT2D eigenvalue weighted by atomic mass is 10.0. The molecule has 0 saturated carbocycles.